The molecule has 0 aromatic heterocycles. The zero-order chi connectivity index (χ0) is 42.7. The number of ether oxygens (including phenoxy) is 4. The van der Waals surface area contributed by atoms with E-state index in [9.17, 15) is 37.9 Å². The molecule has 12 nitrogen and oxygen atoms in total. The molecule has 1 saturated heterocycles. The molecule has 0 radical (unpaired) electrons. The van der Waals surface area contributed by atoms with Gasteiger partial charge in [0.15, 0.2) is 12.4 Å². The maximum absolute atomic E-state index is 12.8. The first-order chi connectivity index (χ1) is 28.0. The molecule has 1 aliphatic heterocycles. The first kappa shape index (κ1) is 58.6. The van der Waals surface area contributed by atoms with E-state index in [4.69, 9.17) is 18.9 Å². The van der Waals surface area contributed by atoms with Gasteiger partial charge in [-0.1, -0.05) is 194 Å². The number of aliphatic hydroxyl groups is 3. The van der Waals surface area contributed by atoms with Gasteiger partial charge in [0.05, 0.1) is 22.5 Å². The summed E-state index contributed by atoms with van der Waals surface area (Å²) in [5, 5.41) is 30.8. The first-order valence-corrected chi connectivity index (χ1v) is 25.2. The van der Waals surface area contributed by atoms with Crippen LogP contribution in [-0.4, -0.2) is 96.0 Å². The van der Waals surface area contributed by atoms with Crippen molar-refractivity contribution >= 4 is 22.1 Å². The summed E-state index contributed by atoms with van der Waals surface area (Å²) in [6.07, 6.45) is 26.8. The molecule has 1 heterocycles. The quantitative estimate of drug-likeness (QED) is 0.0269. The monoisotopic (exact) mass is 873 g/mol. The van der Waals surface area contributed by atoms with Gasteiger partial charge in [0.2, 0.25) is 0 Å². The third kappa shape index (κ3) is 33.8. The Balaban J connectivity index is 0.0000336. The summed E-state index contributed by atoms with van der Waals surface area (Å²) in [5.74, 6) is -2.09. The fourth-order valence-corrected chi connectivity index (χ4v) is 8.17. The van der Waals surface area contributed by atoms with Crippen molar-refractivity contribution in [3.63, 3.8) is 0 Å². The van der Waals surface area contributed by atoms with Gasteiger partial charge in [-0.15, -0.1) is 0 Å². The molecule has 0 saturated carbocycles. The van der Waals surface area contributed by atoms with Gasteiger partial charge in [-0.2, -0.15) is 0 Å². The van der Waals surface area contributed by atoms with Crippen LogP contribution < -0.4 is 29.6 Å². The average molecular weight is 873 g/mol. The molecule has 14 heteroatoms. The number of carbonyl (C=O) groups is 2. The summed E-state index contributed by atoms with van der Waals surface area (Å²) < 4.78 is 55.9. The number of esters is 2. The van der Waals surface area contributed by atoms with E-state index in [1.807, 2.05) is 0 Å². The Labute approximate surface area is 381 Å². The Hall–Kier alpha value is -0.350. The van der Waals surface area contributed by atoms with E-state index in [1.165, 1.54) is 141 Å². The Bertz CT molecular complexity index is 1100. The van der Waals surface area contributed by atoms with Gasteiger partial charge in [0.1, 0.15) is 31.0 Å². The van der Waals surface area contributed by atoms with Crippen molar-refractivity contribution in [2.75, 3.05) is 19.0 Å². The molecule has 1 fully saturated rings. The Kier molecular flexibility index (Phi) is 39.0. The summed E-state index contributed by atoms with van der Waals surface area (Å²) in [4.78, 5) is 25.4. The summed E-state index contributed by atoms with van der Waals surface area (Å²) in [6, 6.07) is 0. The van der Waals surface area contributed by atoms with Crippen molar-refractivity contribution in [3.05, 3.63) is 0 Å². The minimum absolute atomic E-state index is 0. The van der Waals surface area contributed by atoms with Crippen LogP contribution in [0.1, 0.15) is 219 Å². The smallest absolute Gasteiger partial charge is 0.748 e. The van der Waals surface area contributed by atoms with Crippen molar-refractivity contribution in [2.45, 2.75) is 256 Å². The van der Waals surface area contributed by atoms with Crippen LogP contribution in [0.2, 0.25) is 0 Å². The molecule has 0 bridgehead atoms. The zero-order valence-electron chi connectivity index (χ0n) is 37.6. The number of hydrogen-bond donors (Lipinski definition) is 3. The van der Waals surface area contributed by atoms with Crippen LogP contribution in [-0.2, 0) is 38.7 Å². The van der Waals surface area contributed by atoms with E-state index in [1.54, 1.807) is 0 Å². The maximum Gasteiger partial charge on any atom is 1.00 e. The standard InChI is InChI=1S/C45H86O12S.Na/c1-3-5-7-9-11-13-15-17-19-21-23-25-27-29-31-33-40(46)54-35-38(36-55-45-44(50)43(49)42(48)39(57-45)37-58(51,52)53)56-41(47)34-32-30-28-26-24-22-20-18-16-14-12-10-8-6-4-2;/h38-39,42-45,48-50H,3-37H2,1-2H3,(H,51,52,53);/q;+1/p-1/t38-,39-,42-,43+,44-,45-;/m1./s1. The van der Waals surface area contributed by atoms with Gasteiger partial charge >= 0.3 is 41.5 Å². The SMILES string of the molecule is CCCCCCCCCCCCCCCCCC(=O)OC[C@H](CO[C@@H]1O[C@H](CS(=O)(=O)[O-])[C@@H](O)[C@H](O)[C@H]1O)OC(=O)CCCCCCCCCCCCCCCCC.[Na+]. The molecule has 1 rings (SSSR count). The molecule has 0 spiro atoms. The Morgan fingerprint density at radius 3 is 1.27 bits per heavy atom. The van der Waals surface area contributed by atoms with Crippen LogP contribution in [0.5, 0.6) is 0 Å². The molecule has 0 aliphatic carbocycles. The van der Waals surface area contributed by atoms with E-state index in [-0.39, 0.29) is 49.0 Å². The van der Waals surface area contributed by atoms with Crippen molar-refractivity contribution in [2.24, 2.45) is 0 Å². The predicted molar refractivity (Wildman–Crippen MR) is 227 cm³/mol. The average Bonchev–Trinajstić information content (AvgIpc) is 3.18. The van der Waals surface area contributed by atoms with Crippen LogP contribution in [0.25, 0.3) is 0 Å². The Morgan fingerprint density at radius 1 is 0.542 bits per heavy atom. The molecule has 0 amide bonds. The summed E-state index contributed by atoms with van der Waals surface area (Å²) in [5.41, 5.74) is 0. The number of aliphatic hydroxyl groups excluding tert-OH is 3. The van der Waals surface area contributed by atoms with Crippen LogP contribution >= 0.6 is 0 Å². The third-order valence-electron chi connectivity index (χ3n) is 11.2. The first-order valence-electron chi connectivity index (χ1n) is 23.6. The molecule has 6 atom stereocenters. The molecule has 0 aromatic carbocycles. The number of hydrogen-bond acceptors (Lipinski definition) is 12. The fraction of sp³-hybridized carbons (Fsp3) is 0.956. The molecule has 59 heavy (non-hydrogen) atoms. The van der Waals surface area contributed by atoms with E-state index in [2.05, 4.69) is 13.8 Å². The largest absolute Gasteiger partial charge is 1.00 e. The third-order valence-corrected chi connectivity index (χ3v) is 11.9. The maximum atomic E-state index is 12.8. The van der Waals surface area contributed by atoms with Crippen molar-refractivity contribution in [3.8, 4) is 0 Å². The minimum atomic E-state index is -4.85. The molecular formula is C45H85NaO12S. The normalized spacial score (nSPS) is 19.9. The van der Waals surface area contributed by atoms with Gasteiger partial charge in [0.25, 0.3) is 0 Å². The van der Waals surface area contributed by atoms with Crippen molar-refractivity contribution < 1.29 is 86.4 Å². The van der Waals surface area contributed by atoms with Crippen molar-refractivity contribution in [1.82, 2.24) is 0 Å². The van der Waals surface area contributed by atoms with Gasteiger partial charge < -0.3 is 38.8 Å². The second kappa shape index (κ2) is 39.3. The second-order valence-electron chi connectivity index (χ2n) is 16.8. The molecule has 0 unspecified atom stereocenters. The van der Waals surface area contributed by atoms with E-state index in [0.717, 1.165) is 38.5 Å². The van der Waals surface area contributed by atoms with Crippen LogP contribution in [0.15, 0.2) is 0 Å². The number of carbonyl (C=O) groups excluding carboxylic acids is 2. The van der Waals surface area contributed by atoms with Crippen molar-refractivity contribution in [1.29, 1.82) is 0 Å². The molecule has 344 valence electrons. The van der Waals surface area contributed by atoms with Crippen LogP contribution in [0.3, 0.4) is 0 Å². The topological polar surface area (TPSA) is 189 Å². The molecule has 1 aliphatic rings. The number of rotatable bonds is 40. The molecular weight excluding hydrogens is 788 g/mol. The summed E-state index contributed by atoms with van der Waals surface area (Å²) in [7, 11) is -4.85. The molecule has 0 aromatic rings. The fourth-order valence-electron chi connectivity index (χ4n) is 7.50. The minimum Gasteiger partial charge on any atom is -0.748 e. The summed E-state index contributed by atoms with van der Waals surface area (Å²) in [6.45, 7) is 3.76. The van der Waals surface area contributed by atoms with Gasteiger partial charge in [0, 0.05) is 12.8 Å². The zero-order valence-corrected chi connectivity index (χ0v) is 40.5. The van der Waals surface area contributed by atoms with Gasteiger partial charge in [-0.25, -0.2) is 8.42 Å². The van der Waals surface area contributed by atoms with Crippen LogP contribution in [0.4, 0.5) is 0 Å². The van der Waals surface area contributed by atoms with Gasteiger partial charge in [-0.05, 0) is 12.8 Å². The van der Waals surface area contributed by atoms with E-state index in [0.29, 0.717) is 12.8 Å². The summed E-state index contributed by atoms with van der Waals surface area (Å²) >= 11 is 0. The number of unbranched alkanes of at least 4 members (excludes halogenated alkanes) is 28. The predicted octanol–water partition coefficient (Wildman–Crippen LogP) is 6.34. The van der Waals surface area contributed by atoms with E-state index < -0.39 is 71.2 Å². The second-order valence-corrected chi connectivity index (χ2v) is 18.2. The Morgan fingerprint density at radius 2 is 0.898 bits per heavy atom. The molecule has 3 N–H and O–H groups in total. The van der Waals surface area contributed by atoms with Gasteiger partial charge in [-0.3, -0.25) is 9.59 Å². The van der Waals surface area contributed by atoms with Crippen LogP contribution in [0, 0.1) is 0 Å². The van der Waals surface area contributed by atoms with E-state index >= 15 is 0 Å².